The fourth-order valence-corrected chi connectivity index (χ4v) is 3.24. The molecule has 1 N–H and O–H groups in total. The molecule has 2 aromatic rings. The number of methoxy groups -OCH3 is 1. The van der Waals surface area contributed by atoms with Crippen LogP contribution in [0, 0.1) is 11.3 Å². The minimum absolute atomic E-state index is 0.0651. The number of rotatable bonds is 2. The lowest BCUT2D eigenvalue weighted by Gasteiger charge is -2.20. The summed E-state index contributed by atoms with van der Waals surface area (Å²) in [5, 5.41) is 9.47. The van der Waals surface area contributed by atoms with E-state index in [1.807, 2.05) is 6.20 Å². The smallest absolute Gasteiger partial charge is 0.345 e. The molecule has 114 valence electrons. The SMILES string of the molecule is COC(=O)c1cn2cc(C3CCCCC3)c(C#N)c2[nH]c1=O. The maximum Gasteiger partial charge on any atom is 0.345 e. The average molecular weight is 299 g/mol. The number of aromatic amines is 1. The highest BCUT2D eigenvalue weighted by Crippen LogP contribution is 2.35. The highest BCUT2D eigenvalue weighted by molar-refractivity contribution is 5.88. The van der Waals surface area contributed by atoms with Crippen LogP contribution in [0.1, 0.15) is 59.5 Å². The third-order valence-corrected chi connectivity index (χ3v) is 4.37. The third kappa shape index (κ3) is 2.29. The lowest BCUT2D eigenvalue weighted by atomic mass is 9.84. The molecule has 2 aromatic heterocycles. The van der Waals surface area contributed by atoms with Crippen molar-refractivity contribution in [2.75, 3.05) is 7.11 Å². The van der Waals surface area contributed by atoms with Gasteiger partial charge in [0.2, 0.25) is 0 Å². The zero-order valence-corrected chi connectivity index (χ0v) is 12.4. The molecule has 1 fully saturated rings. The van der Waals surface area contributed by atoms with Crippen molar-refractivity contribution in [2.24, 2.45) is 0 Å². The molecule has 0 bridgehead atoms. The molecule has 0 spiro atoms. The first-order valence-corrected chi connectivity index (χ1v) is 7.42. The summed E-state index contributed by atoms with van der Waals surface area (Å²) in [6.07, 6.45) is 8.95. The van der Waals surface area contributed by atoms with Crippen molar-refractivity contribution in [3.8, 4) is 6.07 Å². The second-order valence-corrected chi connectivity index (χ2v) is 5.65. The molecule has 1 aliphatic rings. The molecule has 1 saturated carbocycles. The van der Waals surface area contributed by atoms with Gasteiger partial charge in [-0.3, -0.25) is 4.79 Å². The number of fused-ring (bicyclic) bond motifs is 1. The first-order chi connectivity index (χ1) is 10.7. The minimum atomic E-state index is -0.686. The number of nitrogens with zero attached hydrogens (tertiary/aromatic N) is 2. The Morgan fingerprint density at radius 2 is 2.09 bits per heavy atom. The van der Waals surface area contributed by atoms with E-state index in [1.165, 1.54) is 19.7 Å². The van der Waals surface area contributed by atoms with Gasteiger partial charge in [-0.1, -0.05) is 19.3 Å². The van der Waals surface area contributed by atoms with Gasteiger partial charge in [-0.05, 0) is 24.3 Å². The average Bonchev–Trinajstić information content (AvgIpc) is 2.91. The van der Waals surface area contributed by atoms with Gasteiger partial charge in [0.25, 0.3) is 5.56 Å². The number of H-pyrrole nitrogens is 1. The largest absolute Gasteiger partial charge is 0.465 e. The monoisotopic (exact) mass is 299 g/mol. The lowest BCUT2D eigenvalue weighted by Crippen LogP contribution is -2.20. The quantitative estimate of drug-likeness (QED) is 0.862. The second kappa shape index (κ2) is 5.68. The van der Waals surface area contributed by atoms with Crippen LogP contribution in [0.2, 0.25) is 0 Å². The van der Waals surface area contributed by atoms with Gasteiger partial charge in [-0.15, -0.1) is 0 Å². The number of nitrogens with one attached hydrogen (secondary N) is 1. The fraction of sp³-hybridized carbons (Fsp3) is 0.438. The van der Waals surface area contributed by atoms with Crippen molar-refractivity contribution >= 4 is 11.6 Å². The summed E-state index contributed by atoms with van der Waals surface area (Å²) in [5.41, 5.74) is 1.30. The van der Waals surface area contributed by atoms with Gasteiger partial charge < -0.3 is 14.1 Å². The summed E-state index contributed by atoms with van der Waals surface area (Å²) >= 11 is 0. The number of ether oxygens (including phenoxy) is 1. The summed E-state index contributed by atoms with van der Waals surface area (Å²) in [6.45, 7) is 0. The predicted molar refractivity (Wildman–Crippen MR) is 79.9 cm³/mol. The number of carbonyl (C=O) groups excluding carboxylic acids is 1. The van der Waals surface area contributed by atoms with Gasteiger partial charge in [0, 0.05) is 12.4 Å². The van der Waals surface area contributed by atoms with E-state index in [4.69, 9.17) is 0 Å². The van der Waals surface area contributed by atoms with Gasteiger partial charge >= 0.3 is 5.97 Å². The van der Waals surface area contributed by atoms with Gasteiger partial charge in [-0.2, -0.15) is 5.26 Å². The van der Waals surface area contributed by atoms with Crippen LogP contribution in [0.5, 0.6) is 0 Å². The molecule has 3 rings (SSSR count). The predicted octanol–water partition coefficient (Wildman–Crippen LogP) is 2.33. The number of esters is 1. The summed E-state index contributed by atoms with van der Waals surface area (Å²) < 4.78 is 6.26. The summed E-state index contributed by atoms with van der Waals surface area (Å²) in [7, 11) is 1.23. The van der Waals surface area contributed by atoms with Crippen molar-refractivity contribution in [3.05, 3.63) is 39.4 Å². The molecule has 0 aromatic carbocycles. The van der Waals surface area contributed by atoms with Crippen LogP contribution in [-0.2, 0) is 4.74 Å². The highest BCUT2D eigenvalue weighted by Gasteiger charge is 2.23. The Balaban J connectivity index is 2.17. The zero-order valence-electron chi connectivity index (χ0n) is 12.4. The Kier molecular flexibility index (Phi) is 3.72. The first kappa shape index (κ1) is 14.4. The van der Waals surface area contributed by atoms with Crippen LogP contribution in [0.25, 0.3) is 5.65 Å². The van der Waals surface area contributed by atoms with E-state index in [2.05, 4.69) is 15.8 Å². The van der Waals surface area contributed by atoms with E-state index < -0.39 is 11.5 Å². The molecule has 0 unspecified atom stereocenters. The van der Waals surface area contributed by atoms with Gasteiger partial charge in [-0.25, -0.2) is 4.79 Å². The summed E-state index contributed by atoms with van der Waals surface area (Å²) in [4.78, 5) is 26.3. The lowest BCUT2D eigenvalue weighted by molar-refractivity contribution is 0.0598. The zero-order chi connectivity index (χ0) is 15.7. The number of hydrogen-bond donors (Lipinski definition) is 1. The maximum atomic E-state index is 12.0. The second-order valence-electron chi connectivity index (χ2n) is 5.65. The Morgan fingerprint density at radius 1 is 1.36 bits per heavy atom. The number of nitriles is 1. The molecular formula is C16H17N3O3. The molecule has 22 heavy (non-hydrogen) atoms. The Morgan fingerprint density at radius 3 is 2.73 bits per heavy atom. The normalized spacial score (nSPS) is 15.6. The Hall–Kier alpha value is -2.55. The molecule has 6 nitrogen and oxygen atoms in total. The first-order valence-electron chi connectivity index (χ1n) is 7.42. The van der Waals surface area contributed by atoms with Crippen molar-refractivity contribution in [1.29, 1.82) is 5.26 Å². The van der Waals surface area contributed by atoms with Gasteiger partial charge in [0.15, 0.2) is 0 Å². The van der Waals surface area contributed by atoms with Crippen LogP contribution in [0.4, 0.5) is 0 Å². The van der Waals surface area contributed by atoms with Crippen LogP contribution in [0.15, 0.2) is 17.2 Å². The molecule has 0 amide bonds. The molecule has 6 heteroatoms. The van der Waals surface area contributed by atoms with E-state index in [0.29, 0.717) is 17.1 Å². The summed E-state index contributed by atoms with van der Waals surface area (Å²) in [6, 6.07) is 2.20. The van der Waals surface area contributed by atoms with E-state index in [1.54, 1.807) is 4.40 Å². The highest BCUT2D eigenvalue weighted by atomic mass is 16.5. The van der Waals surface area contributed by atoms with E-state index >= 15 is 0 Å². The van der Waals surface area contributed by atoms with Crippen molar-refractivity contribution < 1.29 is 9.53 Å². The minimum Gasteiger partial charge on any atom is -0.465 e. The molecule has 0 atom stereocenters. The maximum absolute atomic E-state index is 12.0. The Bertz CT molecular complexity index is 819. The van der Waals surface area contributed by atoms with Crippen molar-refractivity contribution in [3.63, 3.8) is 0 Å². The van der Waals surface area contributed by atoms with Gasteiger partial charge in [0.1, 0.15) is 17.3 Å². The number of aromatic nitrogens is 2. The molecule has 2 heterocycles. The molecule has 0 saturated heterocycles. The summed E-state index contributed by atoms with van der Waals surface area (Å²) in [5.74, 6) is -0.344. The van der Waals surface area contributed by atoms with Gasteiger partial charge in [0.05, 0.1) is 12.7 Å². The van der Waals surface area contributed by atoms with E-state index in [0.717, 1.165) is 31.2 Å². The molecule has 0 radical (unpaired) electrons. The fourth-order valence-electron chi connectivity index (χ4n) is 3.24. The third-order valence-electron chi connectivity index (χ3n) is 4.37. The molecule has 1 aliphatic carbocycles. The standard InChI is InChI=1S/C16H17N3O3/c1-22-16(21)13-9-19-8-12(10-5-3-2-4-6-10)11(7-17)14(19)18-15(13)20/h8-10H,2-6H2,1H3,(H,18,20). The van der Waals surface area contributed by atoms with Crippen LogP contribution >= 0.6 is 0 Å². The van der Waals surface area contributed by atoms with Crippen LogP contribution in [-0.4, -0.2) is 22.5 Å². The Labute approximate surface area is 127 Å². The van der Waals surface area contributed by atoms with Crippen LogP contribution < -0.4 is 5.56 Å². The van der Waals surface area contributed by atoms with E-state index in [9.17, 15) is 14.9 Å². The van der Waals surface area contributed by atoms with Crippen molar-refractivity contribution in [2.45, 2.75) is 38.0 Å². The van der Waals surface area contributed by atoms with Crippen LogP contribution in [0.3, 0.4) is 0 Å². The number of carbonyl (C=O) groups is 1. The topological polar surface area (TPSA) is 87.4 Å². The van der Waals surface area contributed by atoms with E-state index in [-0.39, 0.29) is 5.56 Å². The van der Waals surface area contributed by atoms with Crippen molar-refractivity contribution in [1.82, 2.24) is 9.38 Å². The number of hydrogen-bond acceptors (Lipinski definition) is 4. The molecule has 0 aliphatic heterocycles. The molecular weight excluding hydrogens is 282 g/mol.